The maximum Gasteiger partial charge on any atom is 0.219 e. The minimum Gasteiger partial charge on any atom is -0.481 e. The standard InChI is InChI=1S/C8H10INO2/c1-5-3-7(9)6(4-11)8(10-5)12-2/h3,11H,4H2,1-2H3. The predicted octanol–water partition coefficient (Wildman–Crippen LogP) is 1.50. The third-order valence-corrected chi connectivity index (χ3v) is 2.47. The Morgan fingerprint density at radius 3 is 2.83 bits per heavy atom. The molecule has 0 amide bonds. The molecule has 66 valence electrons. The van der Waals surface area contributed by atoms with E-state index in [1.54, 1.807) is 7.11 Å². The Morgan fingerprint density at radius 2 is 2.33 bits per heavy atom. The highest BCUT2D eigenvalue weighted by Gasteiger charge is 2.08. The second-order valence-electron chi connectivity index (χ2n) is 2.39. The number of rotatable bonds is 2. The van der Waals surface area contributed by atoms with Crippen LogP contribution in [0.2, 0.25) is 0 Å². The molecule has 1 aromatic rings. The minimum atomic E-state index is -0.0330. The number of ether oxygens (including phenoxy) is 1. The van der Waals surface area contributed by atoms with E-state index in [1.165, 1.54) is 0 Å². The molecule has 0 radical (unpaired) electrons. The molecule has 12 heavy (non-hydrogen) atoms. The summed E-state index contributed by atoms with van der Waals surface area (Å²) in [6.07, 6.45) is 0. The molecule has 0 aliphatic heterocycles. The molecule has 0 saturated carbocycles. The van der Waals surface area contributed by atoms with Crippen molar-refractivity contribution in [1.29, 1.82) is 0 Å². The van der Waals surface area contributed by atoms with Crippen molar-refractivity contribution in [3.8, 4) is 5.88 Å². The first-order chi connectivity index (χ1) is 5.69. The summed E-state index contributed by atoms with van der Waals surface area (Å²) in [7, 11) is 1.55. The molecular formula is C8H10INO2. The Hall–Kier alpha value is -0.360. The van der Waals surface area contributed by atoms with E-state index >= 15 is 0 Å². The molecule has 1 rings (SSSR count). The van der Waals surface area contributed by atoms with Crippen LogP contribution in [0.4, 0.5) is 0 Å². The van der Waals surface area contributed by atoms with Crippen LogP contribution in [-0.2, 0) is 6.61 Å². The summed E-state index contributed by atoms with van der Waals surface area (Å²) in [6.45, 7) is 1.86. The molecular weight excluding hydrogens is 269 g/mol. The number of halogens is 1. The van der Waals surface area contributed by atoms with Crippen molar-refractivity contribution in [3.05, 3.63) is 20.9 Å². The minimum absolute atomic E-state index is 0.0330. The van der Waals surface area contributed by atoms with Crippen LogP contribution in [0.25, 0.3) is 0 Å². The van der Waals surface area contributed by atoms with Gasteiger partial charge in [-0.05, 0) is 35.6 Å². The smallest absolute Gasteiger partial charge is 0.219 e. The molecule has 1 aromatic heterocycles. The lowest BCUT2D eigenvalue weighted by Gasteiger charge is -2.07. The Balaban J connectivity index is 3.24. The number of aryl methyl sites for hydroxylation is 1. The van der Waals surface area contributed by atoms with Crippen LogP contribution < -0.4 is 4.74 Å². The largest absolute Gasteiger partial charge is 0.481 e. The van der Waals surface area contributed by atoms with Crippen LogP contribution in [0.3, 0.4) is 0 Å². The predicted molar refractivity (Wildman–Crippen MR) is 54.2 cm³/mol. The molecule has 1 heterocycles. The summed E-state index contributed by atoms with van der Waals surface area (Å²) in [4.78, 5) is 4.14. The van der Waals surface area contributed by atoms with Gasteiger partial charge in [-0.15, -0.1) is 0 Å². The average molecular weight is 279 g/mol. The zero-order chi connectivity index (χ0) is 9.14. The molecule has 0 aliphatic rings. The maximum atomic E-state index is 9.00. The van der Waals surface area contributed by atoms with E-state index in [0.29, 0.717) is 5.88 Å². The first-order valence-electron chi connectivity index (χ1n) is 3.50. The van der Waals surface area contributed by atoms with Gasteiger partial charge in [-0.3, -0.25) is 0 Å². The molecule has 0 saturated heterocycles. The molecule has 0 atom stereocenters. The van der Waals surface area contributed by atoms with E-state index in [-0.39, 0.29) is 6.61 Å². The molecule has 0 unspecified atom stereocenters. The van der Waals surface area contributed by atoms with Gasteiger partial charge in [-0.25, -0.2) is 4.98 Å². The van der Waals surface area contributed by atoms with Crippen molar-refractivity contribution in [2.24, 2.45) is 0 Å². The summed E-state index contributed by atoms with van der Waals surface area (Å²) in [5, 5.41) is 9.00. The van der Waals surface area contributed by atoms with E-state index in [1.807, 2.05) is 13.0 Å². The molecule has 4 heteroatoms. The summed E-state index contributed by atoms with van der Waals surface area (Å²) in [6, 6.07) is 1.91. The van der Waals surface area contributed by atoms with E-state index in [9.17, 15) is 0 Å². The van der Waals surface area contributed by atoms with E-state index in [0.717, 1.165) is 14.8 Å². The number of aliphatic hydroxyl groups is 1. The van der Waals surface area contributed by atoms with Gasteiger partial charge in [-0.1, -0.05) is 0 Å². The van der Waals surface area contributed by atoms with E-state index in [2.05, 4.69) is 27.6 Å². The van der Waals surface area contributed by atoms with Crippen LogP contribution in [-0.4, -0.2) is 17.2 Å². The van der Waals surface area contributed by atoms with Gasteiger partial charge in [0.15, 0.2) is 0 Å². The zero-order valence-corrected chi connectivity index (χ0v) is 9.12. The fourth-order valence-electron chi connectivity index (χ4n) is 0.945. The number of hydrogen-bond donors (Lipinski definition) is 1. The van der Waals surface area contributed by atoms with E-state index in [4.69, 9.17) is 9.84 Å². The molecule has 0 bridgehead atoms. The van der Waals surface area contributed by atoms with Crippen molar-refractivity contribution >= 4 is 22.6 Å². The fourth-order valence-corrected chi connectivity index (χ4v) is 1.80. The third-order valence-electron chi connectivity index (χ3n) is 1.51. The summed E-state index contributed by atoms with van der Waals surface area (Å²) in [5.41, 5.74) is 1.65. The highest BCUT2D eigenvalue weighted by atomic mass is 127. The van der Waals surface area contributed by atoms with Gasteiger partial charge in [0.2, 0.25) is 5.88 Å². The molecule has 0 fully saturated rings. The Bertz CT molecular complexity index is 289. The Labute approximate surface area is 84.9 Å². The number of hydrogen-bond acceptors (Lipinski definition) is 3. The van der Waals surface area contributed by atoms with Gasteiger partial charge in [0.1, 0.15) is 0 Å². The number of pyridine rings is 1. The summed E-state index contributed by atoms with van der Waals surface area (Å²) >= 11 is 2.15. The van der Waals surface area contributed by atoms with Crippen LogP contribution in [0.5, 0.6) is 5.88 Å². The second-order valence-corrected chi connectivity index (χ2v) is 3.55. The van der Waals surface area contributed by atoms with Crippen LogP contribution in [0, 0.1) is 10.5 Å². The van der Waals surface area contributed by atoms with Crippen LogP contribution >= 0.6 is 22.6 Å². The molecule has 0 spiro atoms. The zero-order valence-electron chi connectivity index (χ0n) is 6.97. The van der Waals surface area contributed by atoms with Gasteiger partial charge in [0.05, 0.1) is 19.3 Å². The monoisotopic (exact) mass is 279 g/mol. The second kappa shape index (κ2) is 4.04. The maximum absolute atomic E-state index is 9.00. The highest BCUT2D eigenvalue weighted by Crippen LogP contribution is 2.22. The van der Waals surface area contributed by atoms with Crippen molar-refractivity contribution in [1.82, 2.24) is 4.98 Å². The highest BCUT2D eigenvalue weighted by molar-refractivity contribution is 14.1. The van der Waals surface area contributed by atoms with Crippen LogP contribution in [0.15, 0.2) is 6.07 Å². The lowest BCUT2D eigenvalue weighted by Crippen LogP contribution is -1.99. The Kier molecular flexibility index (Phi) is 3.28. The summed E-state index contributed by atoms with van der Waals surface area (Å²) in [5.74, 6) is 0.516. The first kappa shape index (κ1) is 9.73. The third kappa shape index (κ3) is 1.87. The van der Waals surface area contributed by atoms with Crippen molar-refractivity contribution in [2.75, 3.05) is 7.11 Å². The van der Waals surface area contributed by atoms with Crippen molar-refractivity contribution < 1.29 is 9.84 Å². The topological polar surface area (TPSA) is 42.4 Å². The SMILES string of the molecule is COc1nc(C)cc(I)c1CO. The lowest BCUT2D eigenvalue weighted by molar-refractivity contribution is 0.270. The number of aromatic nitrogens is 1. The quantitative estimate of drug-likeness (QED) is 0.834. The molecule has 0 aromatic carbocycles. The normalized spacial score (nSPS) is 10.0. The van der Waals surface area contributed by atoms with Crippen molar-refractivity contribution in [2.45, 2.75) is 13.5 Å². The number of aliphatic hydroxyl groups excluding tert-OH is 1. The van der Waals surface area contributed by atoms with Gasteiger partial charge in [-0.2, -0.15) is 0 Å². The average Bonchev–Trinajstić information content (AvgIpc) is 2.03. The van der Waals surface area contributed by atoms with Gasteiger partial charge >= 0.3 is 0 Å². The number of nitrogens with zero attached hydrogens (tertiary/aromatic N) is 1. The number of methoxy groups -OCH3 is 1. The first-order valence-corrected chi connectivity index (χ1v) is 4.57. The lowest BCUT2D eigenvalue weighted by atomic mass is 10.2. The molecule has 3 nitrogen and oxygen atoms in total. The summed E-state index contributed by atoms with van der Waals surface area (Å²) < 4.78 is 6.01. The van der Waals surface area contributed by atoms with E-state index < -0.39 is 0 Å². The van der Waals surface area contributed by atoms with Crippen LogP contribution in [0.1, 0.15) is 11.3 Å². The molecule has 1 N–H and O–H groups in total. The Morgan fingerprint density at radius 1 is 1.67 bits per heavy atom. The van der Waals surface area contributed by atoms with Gasteiger partial charge in [0.25, 0.3) is 0 Å². The fraction of sp³-hybridized carbons (Fsp3) is 0.375. The van der Waals surface area contributed by atoms with Gasteiger partial charge < -0.3 is 9.84 Å². The van der Waals surface area contributed by atoms with Crippen molar-refractivity contribution in [3.63, 3.8) is 0 Å². The van der Waals surface area contributed by atoms with Gasteiger partial charge in [0, 0.05) is 9.26 Å². The molecule has 0 aliphatic carbocycles.